The number of hydrogen-bond acceptors (Lipinski definition) is 5. The predicted molar refractivity (Wildman–Crippen MR) is 238 cm³/mol. The Labute approximate surface area is 335 Å². The number of nitrogens with zero attached hydrogens (tertiary/aromatic N) is 2. The van der Waals surface area contributed by atoms with E-state index in [0.29, 0.717) is 0 Å². The van der Waals surface area contributed by atoms with Gasteiger partial charge in [-0.15, -0.1) is 0 Å². The van der Waals surface area contributed by atoms with Crippen molar-refractivity contribution in [2.45, 2.75) is 19.3 Å². The number of furan rings is 2. The molecular weight excluding hydrogens is 713 g/mol. The lowest BCUT2D eigenvalue weighted by molar-refractivity contribution is 0.477. The van der Waals surface area contributed by atoms with Crippen molar-refractivity contribution in [2.75, 3.05) is 9.80 Å². The topological polar surface area (TPSA) is 42.0 Å². The number of hydrogen-bond donors (Lipinski definition) is 0. The van der Waals surface area contributed by atoms with Gasteiger partial charge in [-0.2, -0.15) is 0 Å². The van der Waals surface area contributed by atoms with Crippen LogP contribution < -0.4 is 14.5 Å². The van der Waals surface area contributed by atoms with Crippen LogP contribution in [-0.2, 0) is 5.41 Å². The lowest BCUT2D eigenvalue weighted by Crippen LogP contribution is -2.22. The average Bonchev–Trinajstić information content (AvgIpc) is 3.82. The van der Waals surface area contributed by atoms with Crippen LogP contribution in [0.4, 0.5) is 34.1 Å². The molecule has 0 amide bonds. The van der Waals surface area contributed by atoms with E-state index in [4.69, 9.17) is 13.6 Å². The summed E-state index contributed by atoms with van der Waals surface area (Å²) in [5.41, 5.74) is 13.7. The van der Waals surface area contributed by atoms with Crippen LogP contribution in [0.2, 0.25) is 0 Å². The van der Waals surface area contributed by atoms with Crippen molar-refractivity contribution < 1.29 is 13.6 Å². The van der Waals surface area contributed by atoms with Gasteiger partial charge in [0, 0.05) is 55.8 Å². The molecule has 5 nitrogen and oxygen atoms in total. The summed E-state index contributed by atoms with van der Waals surface area (Å²) < 4.78 is 20.4. The summed E-state index contributed by atoms with van der Waals surface area (Å²) in [5.74, 6) is 1.55. The predicted octanol–water partition coefficient (Wildman–Crippen LogP) is 15.3. The monoisotopic (exact) mass is 748 g/mol. The molecule has 0 atom stereocenters. The third-order valence-electron chi connectivity index (χ3n) is 12.1. The fourth-order valence-electron chi connectivity index (χ4n) is 9.33. The zero-order valence-electron chi connectivity index (χ0n) is 31.9. The van der Waals surface area contributed by atoms with Crippen LogP contribution in [0.1, 0.15) is 36.1 Å². The summed E-state index contributed by atoms with van der Waals surface area (Å²) >= 11 is 0. The highest BCUT2D eigenvalue weighted by atomic mass is 16.5. The summed E-state index contributed by atoms with van der Waals surface area (Å²) in [7, 11) is 0. The first-order valence-corrected chi connectivity index (χ1v) is 19.8. The van der Waals surface area contributed by atoms with Crippen molar-refractivity contribution in [2.24, 2.45) is 0 Å². The molecule has 3 heterocycles. The summed E-state index contributed by atoms with van der Waals surface area (Å²) in [6.07, 6.45) is 4.46. The Morgan fingerprint density at radius 2 is 1.05 bits per heavy atom. The van der Waals surface area contributed by atoms with E-state index < -0.39 is 5.41 Å². The number of anilines is 6. The Kier molecular flexibility index (Phi) is 6.91. The smallest absolute Gasteiger partial charge is 0.153 e. The minimum atomic E-state index is -0.437. The van der Waals surface area contributed by atoms with E-state index in [0.717, 1.165) is 101 Å². The van der Waals surface area contributed by atoms with E-state index in [-0.39, 0.29) is 0 Å². The van der Waals surface area contributed by atoms with E-state index in [9.17, 15) is 0 Å². The fraction of sp³-hybridized carbons (Fsp3) is 0.0566. The second-order valence-electron chi connectivity index (χ2n) is 15.7. The normalized spacial score (nSPS) is 13.9. The quantitative estimate of drug-likeness (QED) is 0.179. The van der Waals surface area contributed by atoms with E-state index >= 15 is 0 Å². The maximum Gasteiger partial charge on any atom is 0.153 e. The van der Waals surface area contributed by atoms with Crippen molar-refractivity contribution in [1.29, 1.82) is 0 Å². The lowest BCUT2D eigenvalue weighted by Gasteiger charge is -2.36. The Balaban J connectivity index is 1.11. The van der Waals surface area contributed by atoms with Gasteiger partial charge in [-0.1, -0.05) is 123 Å². The van der Waals surface area contributed by atoms with E-state index in [1.54, 1.807) is 0 Å². The summed E-state index contributed by atoms with van der Waals surface area (Å²) in [4.78, 5) is 4.63. The van der Waals surface area contributed by atoms with Gasteiger partial charge in [0.15, 0.2) is 11.5 Å². The summed E-state index contributed by atoms with van der Waals surface area (Å²) in [6.45, 7) is 4.64. The van der Waals surface area contributed by atoms with Crippen LogP contribution >= 0.6 is 0 Å². The molecule has 0 bridgehead atoms. The van der Waals surface area contributed by atoms with Gasteiger partial charge >= 0.3 is 0 Å². The molecule has 1 aliphatic carbocycles. The first kappa shape index (κ1) is 32.7. The molecule has 0 saturated carbocycles. The summed E-state index contributed by atoms with van der Waals surface area (Å²) in [6, 6.07) is 59.4. The summed E-state index contributed by atoms with van der Waals surface area (Å²) in [5, 5.41) is 4.36. The molecule has 1 aliphatic heterocycles. The molecule has 276 valence electrons. The third-order valence-corrected chi connectivity index (χ3v) is 12.1. The third kappa shape index (κ3) is 4.71. The van der Waals surface area contributed by atoms with E-state index in [2.05, 4.69) is 169 Å². The molecule has 0 saturated heterocycles. The van der Waals surface area contributed by atoms with Crippen molar-refractivity contribution in [3.8, 4) is 11.5 Å². The lowest BCUT2D eigenvalue weighted by atomic mass is 9.74. The molecule has 0 fully saturated rings. The highest BCUT2D eigenvalue weighted by Gasteiger charge is 2.37. The number of ether oxygens (including phenoxy) is 1. The highest BCUT2D eigenvalue weighted by Crippen LogP contribution is 2.56. The maximum atomic E-state index is 6.95. The second kappa shape index (κ2) is 12.2. The van der Waals surface area contributed by atoms with Crippen molar-refractivity contribution in [3.05, 3.63) is 192 Å². The fourth-order valence-corrected chi connectivity index (χ4v) is 9.33. The molecule has 12 rings (SSSR count). The number of benzene rings is 8. The van der Waals surface area contributed by atoms with Crippen molar-refractivity contribution in [3.63, 3.8) is 0 Å². The van der Waals surface area contributed by atoms with Gasteiger partial charge in [-0.3, -0.25) is 0 Å². The Morgan fingerprint density at radius 3 is 1.81 bits per heavy atom. The molecule has 58 heavy (non-hydrogen) atoms. The second-order valence-corrected chi connectivity index (χ2v) is 15.7. The molecule has 5 heteroatoms. The molecular formula is C53H36N2O3. The van der Waals surface area contributed by atoms with Gasteiger partial charge in [-0.25, -0.2) is 0 Å². The molecule has 0 spiro atoms. The number of para-hydroxylation sites is 6. The van der Waals surface area contributed by atoms with Crippen LogP contribution in [0.15, 0.2) is 179 Å². The highest BCUT2D eigenvalue weighted by molar-refractivity contribution is 6.17. The zero-order chi connectivity index (χ0) is 38.5. The van der Waals surface area contributed by atoms with Crippen LogP contribution in [-0.4, -0.2) is 0 Å². The van der Waals surface area contributed by atoms with Crippen LogP contribution in [0.5, 0.6) is 11.5 Å². The largest absolute Gasteiger partial charge is 0.455 e. The SMILES string of the molecule is CC1(C)c2ccc3c(oc4ccccc43)c2C=Cc2c1cc(N1c3ccccc3Oc3cc(N(c4ccccc4)c4ccccc4)ccc31)c1c2oc2ccccc21. The van der Waals surface area contributed by atoms with Gasteiger partial charge in [0.05, 0.1) is 22.4 Å². The average molecular weight is 749 g/mol. The van der Waals surface area contributed by atoms with Gasteiger partial charge in [-0.05, 0) is 77.9 Å². The molecule has 0 N–H and O–H groups in total. The van der Waals surface area contributed by atoms with Crippen LogP contribution in [0.3, 0.4) is 0 Å². The van der Waals surface area contributed by atoms with Gasteiger partial charge < -0.3 is 23.4 Å². The minimum absolute atomic E-state index is 0.437. The van der Waals surface area contributed by atoms with Gasteiger partial charge in [0.2, 0.25) is 0 Å². The van der Waals surface area contributed by atoms with Crippen molar-refractivity contribution >= 4 is 90.2 Å². The van der Waals surface area contributed by atoms with Crippen LogP contribution in [0, 0.1) is 0 Å². The molecule has 8 aromatic carbocycles. The first-order valence-electron chi connectivity index (χ1n) is 19.8. The van der Waals surface area contributed by atoms with Crippen molar-refractivity contribution in [1.82, 2.24) is 0 Å². The molecule has 0 unspecified atom stereocenters. The molecule has 2 aromatic heterocycles. The first-order chi connectivity index (χ1) is 28.5. The number of fused-ring (bicyclic) bond motifs is 12. The Bertz CT molecular complexity index is 3260. The Hall–Kier alpha value is -7.50. The number of rotatable bonds is 4. The minimum Gasteiger partial charge on any atom is -0.455 e. The standard InChI is InChI=1S/C53H36N2O3/c1-53(2)41-29-28-37-36-19-9-12-22-46(36)57-51(37)38(41)26-27-39-42(53)32-45(50-40-20-10-13-23-47(40)58-52(39)50)55-43-21-11-14-24-48(43)56-49-31-35(25-30-44(49)55)54(33-15-5-3-6-16-33)34-17-7-4-8-18-34/h3-32H,1-2H3. The van der Waals surface area contributed by atoms with Crippen LogP contribution in [0.25, 0.3) is 56.0 Å². The molecule has 0 radical (unpaired) electrons. The molecule has 10 aromatic rings. The van der Waals surface area contributed by atoms with Gasteiger partial charge in [0.1, 0.15) is 22.3 Å². The maximum absolute atomic E-state index is 6.95. The zero-order valence-corrected chi connectivity index (χ0v) is 31.9. The Morgan fingerprint density at radius 1 is 0.448 bits per heavy atom. The molecule has 2 aliphatic rings. The van der Waals surface area contributed by atoms with Gasteiger partial charge in [0.25, 0.3) is 0 Å². The van der Waals surface area contributed by atoms with E-state index in [1.165, 1.54) is 11.1 Å². The van der Waals surface area contributed by atoms with E-state index in [1.807, 2.05) is 36.4 Å².